The Kier molecular flexibility index (Phi) is 6.58. The third kappa shape index (κ3) is 5.70. The van der Waals surface area contributed by atoms with Crippen LogP contribution in [0.3, 0.4) is 0 Å². The monoisotopic (exact) mass is 447 g/mol. The molecule has 168 valence electrons. The highest BCUT2D eigenvalue weighted by Crippen LogP contribution is 2.22. The van der Waals surface area contributed by atoms with Crippen molar-refractivity contribution in [2.75, 3.05) is 5.32 Å². The molecule has 9 heteroatoms. The van der Waals surface area contributed by atoms with Crippen molar-refractivity contribution in [3.05, 3.63) is 76.5 Å². The summed E-state index contributed by atoms with van der Waals surface area (Å²) in [6.45, 7) is 1.32. The Balaban J connectivity index is 1.32. The van der Waals surface area contributed by atoms with Crippen LogP contribution in [0.25, 0.3) is 22.4 Å². The average molecular weight is 447 g/mol. The number of nitrogens with one attached hydrogen (secondary N) is 1. The molecule has 0 unspecified atom stereocenters. The molecular weight excluding hydrogens is 426 g/mol. The zero-order valence-electron chi connectivity index (χ0n) is 17.9. The predicted molar refractivity (Wildman–Crippen MR) is 119 cm³/mol. The highest BCUT2D eigenvalue weighted by Gasteiger charge is 2.12. The lowest BCUT2D eigenvalue weighted by Crippen LogP contribution is -2.09. The molecule has 0 saturated heterocycles. The molecular formula is C24H21N3O6. The molecule has 2 aromatic carbocycles. The van der Waals surface area contributed by atoms with Gasteiger partial charge in [-0.1, -0.05) is 35.5 Å². The van der Waals surface area contributed by atoms with Gasteiger partial charge in [0.2, 0.25) is 17.6 Å². The largest absolute Gasteiger partial charge is 0.461 e. The average Bonchev–Trinajstić information content (AvgIpc) is 3.26. The highest BCUT2D eigenvalue weighted by molar-refractivity contribution is 5.92. The Bertz CT molecular complexity index is 1340. The van der Waals surface area contributed by atoms with E-state index in [9.17, 15) is 14.4 Å². The predicted octanol–water partition coefficient (Wildman–Crippen LogP) is 3.87. The number of fused-ring (bicyclic) bond motifs is 1. The van der Waals surface area contributed by atoms with Crippen LogP contribution in [0.1, 0.15) is 31.2 Å². The van der Waals surface area contributed by atoms with Crippen LogP contribution in [0.2, 0.25) is 0 Å². The molecule has 1 amide bonds. The lowest BCUT2D eigenvalue weighted by atomic mass is 10.1. The Hall–Kier alpha value is -4.27. The van der Waals surface area contributed by atoms with Gasteiger partial charge in [-0.05, 0) is 18.6 Å². The number of esters is 1. The van der Waals surface area contributed by atoms with E-state index in [1.165, 1.54) is 13.0 Å². The first kappa shape index (κ1) is 21.9. The molecule has 0 aliphatic carbocycles. The van der Waals surface area contributed by atoms with E-state index >= 15 is 0 Å². The Morgan fingerprint density at radius 2 is 1.91 bits per heavy atom. The van der Waals surface area contributed by atoms with E-state index in [2.05, 4.69) is 15.5 Å². The van der Waals surface area contributed by atoms with Crippen molar-refractivity contribution in [3.8, 4) is 11.4 Å². The van der Waals surface area contributed by atoms with E-state index < -0.39 is 11.6 Å². The minimum absolute atomic E-state index is 0.0703. The van der Waals surface area contributed by atoms with E-state index in [4.69, 9.17) is 13.7 Å². The van der Waals surface area contributed by atoms with Gasteiger partial charge in [0.25, 0.3) is 0 Å². The quantitative estimate of drug-likeness (QED) is 0.319. The zero-order valence-corrected chi connectivity index (χ0v) is 17.9. The molecule has 4 rings (SSSR count). The number of carbonyl (C=O) groups excluding carboxylic acids is 2. The second kappa shape index (κ2) is 9.90. The summed E-state index contributed by atoms with van der Waals surface area (Å²) in [4.78, 5) is 39.7. The first-order valence-electron chi connectivity index (χ1n) is 10.4. The zero-order chi connectivity index (χ0) is 23.2. The van der Waals surface area contributed by atoms with E-state index in [0.29, 0.717) is 46.8 Å². The molecule has 0 saturated carbocycles. The summed E-state index contributed by atoms with van der Waals surface area (Å²) in [7, 11) is 0. The van der Waals surface area contributed by atoms with Crippen molar-refractivity contribution in [2.24, 2.45) is 0 Å². The number of amides is 1. The standard InChI is InChI=1S/C24H21N3O6/c1-15(28)25-18-10-11-19-17(12-23(30)32-20(19)13-18)14-31-22(29)9-5-8-21-26-24(27-33-21)16-6-3-2-4-7-16/h2-4,6-7,10-13H,5,8-9,14H2,1H3,(H,25,28). The minimum Gasteiger partial charge on any atom is -0.461 e. The number of ether oxygens (including phenoxy) is 1. The lowest BCUT2D eigenvalue weighted by Gasteiger charge is -2.08. The van der Waals surface area contributed by atoms with Crippen LogP contribution in [0, 0.1) is 0 Å². The maximum Gasteiger partial charge on any atom is 0.336 e. The smallest absolute Gasteiger partial charge is 0.336 e. The molecule has 0 fully saturated rings. The fourth-order valence-electron chi connectivity index (χ4n) is 3.31. The van der Waals surface area contributed by atoms with Crippen LogP contribution < -0.4 is 10.9 Å². The van der Waals surface area contributed by atoms with Crippen molar-refractivity contribution in [1.29, 1.82) is 0 Å². The molecule has 2 heterocycles. The molecule has 2 aromatic heterocycles. The molecule has 0 aliphatic rings. The van der Waals surface area contributed by atoms with E-state index in [-0.39, 0.29) is 18.9 Å². The molecule has 0 radical (unpaired) electrons. The summed E-state index contributed by atoms with van der Waals surface area (Å²) in [5.41, 5.74) is 1.61. The maximum atomic E-state index is 12.2. The van der Waals surface area contributed by atoms with Gasteiger partial charge in [-0.2, -0.15) is 4.98 Å². The number of nitrogens with zero attached hydrogens (tertiary/aromatic N) is 2. The topological polar surface area (TPSA) is 125 Å². The normalized spacial score (nSPS) is 10.8. The first-order valence-corrected chi connectivity index (χ1v) is 10.4. The molecule has 9 nitrogen and oxygen atoms in total. The first-order chi connectivity index (χ1) is 16.0. The Morgan fingerprint density at radius 1 is 1.09 bits per heavy atom. The van der Waals surface area contributed by atoms with E-state index in [1.54, 1.807) is 18.2 Å². The van der Waals surface area contributed by atoms with Gasteiger partial charge in [-0.15, -0.1) is 0 Å². The number of aryl methyl sites for hydroxylation is 1. The summed E-state index contributed by atoms with van der Waals surface area (Å²) in [5.74, 6) is 0.306. The minimum atomic E-state index is -0.570. The van der Waals surface area contributed by atoms with E-state index in [0.717, 1.165) is 5.56 Å². The summed E-state index contributed by atoms with van der Waals surface area (Å²) in [6, 6.07) is 15.7. The van der Waals surface area contributed by atoms with Gasteiger partial charge >= 0.3 is 11.6 Å². The van der Waals surface area contributed by atoms with Crippen LogP contribution >= 0.6 is 0 Å². The van der Waals surface area contributed by atoms with Crippen LogP contribution in [-0.2, 0) is 27.4 Å². The fourth-order valence-corrected chi connectivity index (χ4v) is 3.31. The van der Waals surface area contributed by atoms with Crippen LogP contribution in [0.5, 0.6) is 0 Å². The number of hydrogen-bond acceptors (Lipinski definition) is 8. The summed E-state index contributed by atoms with van der Waals surface area (Å²) in [6.07, 6.45) is 1.08. The maximum absolute atomic E-state index is 12.2. The number of aromatic nitrogens is 2. The van der Waals surface area contributed by atoms with E-state index in [1.807, 2.05) is 30.3 Å². The van der Waals surface area contributed by atoms with Crippen molar-refractivity contribution in [2.45, 2.75) is 32.8 Å². The number of anilines is 1. The molecule has 4 aromatic rings. The summed E-state index contributed by atoms with van der Waals surface area (Å²) in [5, 5.41) is 7.21. The lowest BCUT2D eigenvalue weighted by molar-refractivity contribution is -0.145. The van der Waals surface area contributed by atoms with Crippen LogP contribution in [0.15, 0.2) is 68.3 Å². The highest BCUT2D eigenvalue weighted by atomic mass is 16.5. The molecule has 0 bridgehead atoms. The summed E-state index contributed by atoms with van der Waals surface area (Å²) >= 11 is 0. The van der Waals surface area contributed by atoms with Crippen LogP contribution in [0.4, 0.5) is 5.69 Å². The molecule has 33 heavy (non-hydrogen) atoms. The van der Waals surface area contributed by atoms with Crippen molar-refractivity contribution < 1.29 is 23.3 Å². The van der Waals surface area contributed by atoms with Gasteiger partial charge in [0.05, 0.1) is 0 Å². The Labute approximate surface area is 188 Å². The molecule has 0 atom stereocenters. The third-order valence-corrected chi connectivity index (χ3v) is 4.81. The number of hydrogen-bond donors (Lipinski definition) is 1. The van der Waals surface area contributed by atoms with Gasteiger partial charge in [0, 0.05) is 54.1 Å². The number of benzene rings is 2. The van der Waals surface area contributed by atoms with Crippen LogP contribution in [-0.4, -0.2) is 22.0 Å². The SMILES string of the molecule is CC(=O)Nc1ccc2c(COC(=O)CCCc3nc(-c4ccccc4)no3)cc(=O)oc2c1. The van der Waals surface area contributed by atoms with Gasteiger partial charge < -0.3 is 19.0 Å². The Morgan fingerprint density at radius 3 is 2.70 bits per heavy atom. The van der Waals surface area contributed by atoms with Crippen molar-refractivity contribution >= 4 is 28.5 Å². The second-order valence-corrected chi connectivity index (χ2v) is 7.37. The van der Waals surface area contributed by atoms with Crippen molar-refractivity contribution in [1.82, 2.24) is 10.1 Å². The third-order valence-electron chi connectivity index (χ3n) is 4.81. The second-order valence-electron chi connectivity index (χ2n) is 7.37. The van der Waals surface area contributed by atoms with Gasteiger partial charge in [-0.3, -0.25) is 9.59 Å². The molecule has 1 N–H and O–H groups in total. The number of carbonyl (C=O) groups is 2. The summed E-state index contributed by atoms with van der Waals surface area (Å²) < 4.78 is 15.8. The van der Waals surface area contributed by atoms with Gasteiger partial charge in [-0.25, -0.2) is 4.79 Å². The fraction of sp³-hybridized carbons (Fsp3) is 0.208. The van der Waals surface area contributed by atoms with Gasteiger partial charge in [0.1, 0.15) is 12.2 Å². The van der Waals surface area contributed by atoms with Gasteiger partial charge in [0.15, 0.2) is 0 Å². The van der Waals surface area contributed by atoms with Crippen molar-refractivity contribution in [3.63, 3.8) is 0 Å². The molecule has 0 aliphatic heterocycles. The number of rotatable bonds is 8. The molecule has 0 spiro atoms.